The molecule has 112 valence electrons. The van der Waals surface area contributed by atoms with E-state index in [0.29, 0.717) is 18.5 Å². The second-order valence-corrected chi connectivity index (χ2v) is 5.94. The van der Waals surface area contributed by atoms with Crippen molar-refractivity contribution in [3.8, 4) is 11.8 Å². The molecule has 3 heteroatoms. The van der Waals surface area contributed by atoms with Crippen LogP contribution in [-0.4, -0.2) is 29.9 Å². The van der Waals surface area contributed by atoms with E-state index in [1.165, 1.54) is 0 Å². The smallest absolute Gasteiger partial charge is 0.254 e. The molecule has 1 heterocycles. The number of carbonyl (C=O) groups excluding carboxylic acids is 1. The second kappa shape index (κ2) is 6.78. The fourth-order valence-corrected chi connectivity index (χ4v) is 3.04. The van der Waals surface area contributed by atoms with E-state index < -0.39 is 0 Å². The summed E-state index contributed by atoms with van der Waals surface area (Å²) in [6.07, 6.45) is 2.20. The Morgan fingerprint density at radius 3 is 2.90 bits per heavy atom. The van der Waals surface area contributed by atoms with Crippen LogP contribution in [0.4, 0.5) is 0 Å². The van der Waals surface area contributed by atoms with Crippen molar-refractivity contribution in [2.24, 2.45) is 11.7 Å². The summed E-state index contributed by atoms with van der Waals surface area (Å²) in [6.45, 7) is 7.53. The lowest BCUT2D eigenvalue weighted by Gasteiger charge is -2.28. The first-order valence-corrected chi connectivity index (χ1v) is 7.65. The van der Waals surface area contributed by atoms with Gasteiger partial charge in [-0.15, -0.1) is 0 Å². The highest BCUT2D eigenvalue weighted by atomic mass is 16.2. The monoisotopic (exact) mass is 284 g/mol. The van der Waals surface area contributed by atoms with Crippen LogP contribution in [0, 0.1) is 24.7 Å². The van der Waals surface area contributed by atoms with Gasteiger partial charge in [-0.2, -0.15) is 0 Å². The minimum atomic E-state index is 0.139. The minimum Gasteiger partial charge on any atom is -0.335 e. The minimum absolute atomic E-state index is 0.139. The second-order valence-electron chi connectivity index (χ2n) is 5.94. The lowest BCUT2D eigenvalue weighted by atomic mass is 9.99. The van der Waals surface area contributed by atoms with Gasteiger partial charge in [0.15, 0.2) is 0 Å². The zero-order chi connectivity index (χ0) is 15.4. The van der Waals surface area contributed by atoms with Crippen LogP contribution in [0.2, 0.25) is 0 Å². The van der Waals surface area contributed by atoms with Crippen LogP contribution < -0.4 is 5.73 Å². The van der Waals surface area contributed by atoms with Crippen molar-refractivity contribution in [1.29, 1.82) is 0 Å². The van der Waals surface area contributed by atoms with E-state index in [0.717, 1.165) is 36.1 Å². The highest BCUT2D eigenvalue weighted by Crippen LogP contribution is 2.26. The van der Waals surface area contributed by atoms with Crippen molar-refractivity contribution in [3.05, 3.63) is 34.9 Å². The zero-order valence-corrected chi connectivity index (χ0v) is 13.1. The van der Waals surface area contributed by atoms with Gasteiger partial charge in [-0.05, 0) is 43.4 Å². The molecule has 1 saturated heterocycles. The Morgan fingerprint density at radius 2 is 2.24 bits per heavy atom. The van der Waals surface area contributed by atoms with Crippen LogP contribution in [0.1, 0.15) is 48.2 Å². The largest absolute Gasteiger partial charge is 0.335 e. The molecule has 1 aromatic rings. The summed E-state index contributed by atoms with van der Waals surface area (Å²) in [5, 5.41) is 0. The predicted octanol–water partition coefficient (Wildman–Crippen LogP) is 2.57. The third-order valence-electron chi connectivity index (χ3n) is 4.22. The third-order valence-corrected chi connectivity index (χ3v) is 4.22. The van der Waals surface area contributed by atoms with Gasteiger partial charge in [-0.25, -0.2) is 0 Å². The van der Waals surface area contributed by atoms with Crippen LogP contribution in [0.5, 0.6) is 0 Å². The van der Waals surface area contributed by atoms with E-state index in [4.69, 9.17) is 5.73 Å². The van der Waals surface area contributed by atoms with E-state index in [-0.39, 0.29) is 5.91 Å². The number of hydrogen-bond donors (Lipinski definition) is 1. The number of carbonyl (C=O) groups is 1. The Labute approximate surface area is 127 Å². The average molecular weight is 284 g/mol. The first kappa shape index (κ1) is 15.6. The average Bonchev–Trinajstić information content (AvgIpc) is 2.95. The highest BCUT2D eigenvalue weighted by Gasteiger charge is 2.31. The van der Waals surface area contributed by atoms with Gasteiger partial charge in [0, 0.05) is 23.7 Å². The number of hydrogen-bond acceptors (Lipinski definition) is 2. The van der Waals surface area contributed by atoms with Gasteiger partial charge in [0.2, 0.25) is 0 Å². The molecule has 1 unspecified atom stereocenters. The van der Waals surface area contributed by atoms with Crippen molar-refractivity contribution < 1.29 is 4.79 Å². The molecule has 0 saturated carbocycles. The molecule has 21 heavy (non-hydrogen) atoms. The molecule has 2 rings (SSSR count). The summed E-state index contributed by atoms with van der Waals surface area (Å²) >= 11 is 0. The fourth-order valence-electron chi connectivity index (χ4n) is 3.04. The maximum Gasteiger partial charge on any atom is 0.254 e. The molecule has 1 aliphatic heterocycles. The summed E-state index contributed by atoms with van der Waals surface area (Å²) in [7, 11) is 0. The molecule has 1 atom stereocenters. The van der Waals surface area contributed by atoms with Crippen LogP contribution in [0.25, 0.3) is 0 Å². The Hall–Kier alpha value is -1.79. The maximum atomic E-state index is 12.9. The summed E-state index contributed by atoms with van der Waals surface area (Å²) in [6, 6.07) is 6.11. The molecule has 1 amide bonds. The molecular formula is C18H24N2O. The van der Waals surface area contributed by atoms with Crippen molar-refractivity contribution >= 4 is 5.91 Å². The molecule has 0 aliphatic carbocycles. The van der Waals surface area contributed by atoms with E-state index in [2.05, 4.69) is 25.7 Å². The van der Waals surface area contributed by atoms with Crippen molar-refractivity contribution in [3.63, 3.8) is 0 Å². The first-order valence-electron chi connectivity index (χ1n) is 7.65. The third kappa shape index (κ3) is 3.28. The van der Waals surface area contributed by atoms with E-state index in [9.17, 15) is 4.79 Å². The van der Waals surface area contributed by atoms with Gasteiger partial charge < -0.3 is 10.6 Å². The number of amides is 1. The molecule has 0 bridgehead atoms. The van der Waals surface area contributed by atoms with Crippen LogP contribution >= 0.6 is 0 Å². The Bertz CT molecular complexity index is 581. The number of likely N-dealkylation sites (tertiary alicyclic amines) is 1. The molecule has 3 nitrogen and oxygen atoms in total. The summed E-state index contributed by atoms with van der Waals surface area (Å²) in [5.41, 5.74) is 8.05. The molecule has 0 aromatic heterocycles. The predicted molar refractivity (Wildman–Crippen MR) is 86.0 cm³/mol. The van der Waals surface area contributed by atoms with Crippen molar-refractivity contribution in [2.75, 3.05) is 13.1 Å². The SMILES string of the molecule is Cc1c(C#CCN)cccc1C(=O)N1CCCC1C(C)C. The molecule has 1 aliphatic rings. The zero-order valence-electron chi connectivity index (χ0n) is 13.1. The molecule has 1 aromatic carbocycles. The molecule has 2 N–H and O–H groups in total. The van der Waals surface area contributed by atoms with Gasteiger partial charge >= 0.3 is 0 Å². The van der Waals surface area contributed by atoms with Crippen LogP contribution in [0.3, 0.4) is 0 Å². The van der Waals surface area contributed by atoms with Crippen LogP contribution in [0.15, 0.2) is 18.2 Å². The number of nitrogens with zero attached hydrogens (tertiary/aromatic N) is 1. The number of rotatable bonds is 2. The molecule has 1 fully saturated rings. The summed E-state index contributed by atoms with van der Waals surface area (Å²) in [4.78, 5) is 14.9. The maximum absolute atomic E-state index is 12.9. The Balaban J connectivity index is 2.31. The highest BCUT2D eigenvalue weighted by molar-refractivity contribution is 5.96. The van der Waals surface area contributed by atoms with Gasteiger partial charge in [-0.1, -0.05) is 31.8 Å². The van der Waals surface area contributed by atoms with E-state index in [1.54, 1.807) is 0 Å². The topological polar surface area (TPSA) is 46.3 Å². The lowest BCUT2D eigenvalue weighted by molar-refractivity contribution is 0.0701. The van der Waals surface area contributed by atoms with E-state index in [1.807, 2.05) is 30.0 Å². The van der Waals surface area contributed by atoms with Crippen molar-refractivity contribution in [2.45, 2.75) is 39.7 Å². The molecule has 0 radical (unpaired) electrons. The van der Waals surface area contributed by atoms with E-state index >= 15 is 0 Å². The lowest BCUT2D eigenvalue weighted by Crippen LogP contribution is -2.38. The van der Waals surface area contributed by atoms with Gasteiger partial charge in [0.05, 0.1) is 6.54 Å². The number of nitrogens with two attached hydrogens (primary N) is 1. The molecular weight excluding hydrogens is 260 g/mol. The standard InChI is InChI=1S/C18H24N2O/c1-13(2)17-10-6-12-20(17)18(21)16-9-4-7-15(14(16)3)8-5-11-19/h4,7,9,13,17H,6,10-12,19H2,1-3H3. The fraction of sp³-hybridized carbons (Fsp3) is 0.500. The number of benzene rings is 1. The van der Waals surface area contributed by atoms with Gasteiger partial charge in [-0.3, -0.25) is 4.79 Å². The van der Waals surface area contributed by atoms with Crippen LogP contribution in [-0.2, 0) is 0 Å². The van der Waals surface area contributed by atoms with Crippen molar-refractivity contribution in [1.82, 2.24) is 4.90 Å². The summed E-state index contributed by atoms with van der Waals surface area (Å²) in [5.74, 6) is 6.54. The van der Waals surface area contributed by atoms with Gasteiger partial charge in [0.1, 0.15) is 0 Å². The van der Waals surface area contributed by atoms with Gasteiger partial charge in [0.25, 0.3) is 5.91 Å². The Kier molecular flexibility index (Phi) is 5.03. The Morgan fingerprint density at radius 1 is 1.48 bits per heavy atom. The first-order chi connectivity index (χ1) is 10.1. The summed E-state index contributed by atoms with van der Waals surface area (Å²) < 4.78 is 0. The normalized spacial score (nSPS) is 17.8. The molecule has 0 spiro atoms. The quantitative estimate of drug-likeness (QED) is 0.848.